The van der Waals surface area contributed by atoms with E-state index in [-0.39, 0.29) is 24.9 Å². The standard InChI is InChI=1S/C48H87NO5/c1-4-7-10-13-16-19-22-23-24-26-29-32-35-38-41-48(53)54-44(39-36-33-30-27-21-18-15-12-9-6-3)42-47(52)49-45(43-50)46(51)40-37-34-31-28-25-20-17-14-11-8-5-2/h7,10,16,18-19,21,23-24,44-46,50-51H,4-6,8-9,11-15,17,20,22,25-43H2,1-3H3,(H,49,52)/b10-7+,19-16+,21-18-,24-23+. The predicted octanol–water partition coefficient (Wildman–Crippen LogP) is 13.1. The molecular weight excluding hydrogens is 671 g/mol. The Morgan fingerprint density at radius 3 is 1.59 bits per heavy atom. The van der Waals surface area contributed by atoms with Gasteiger partial charge in [-0.2, -0.15) is 0 Å². The average Bonchev–Trinajstić information content (AvgIpc) is 3.16. The molecule has 3 N–H and O–H groups in total. The lowest BCUT2D eigenvalue weighted by atomic mass is 10.0. The first kappa shape index (κ1) is 51.8. The molecule has 0 aliphatic rings. The van der Waals surface area contributed by atoms with Crippen molar-refractivity contribution in [2.45, 2.75) is 238 Å². The van der Waals surface area contributed by atoms with Gasteiger partial charge in [0.2, 0.25) is 5.91 Å². The molecule has 0 spiro atoms. The van der Waals surface area contributed by atoms with E-state index in [4.69, 9.17) is 4.74 Å². The van der Waals surface area contributed by atoms with Gasteiger partial charge in [-0.05, 0) is 83.5 Å². The first-order valence-electron chi connectivity index (χ1n) is 22.9. The molecule has 0 aliphatic heterocycles. The molecule has 0 saturated carbocycles. The van der Waals surface area contributed by atoms with E-state index in [1.54, 1.807) is 0 Å². The van der Waals surface area contributed by atoms with Gasteiger partial charge in [0, 0.05) is 6.42 Å². The molecule has 0 rings (SSSR count). The Labute approximate surface area is 334 Å². The van der Waals surface area contributed by atoms with E-state index in [1.165, 1.54) is 70.6 Å². The Hall–Kier alpha value is -2.18. The first-order chi connectivity index (χ1) is 26.5. The second kappa shape index (κ2) is 42.0. The Morgan fingerprint density at radius 2 is 1.00 bits per heavy atom. The van der Waals surface area contributed by atoms with E-state index in [0.717, 1.165) is 103 Å². The number of amides is 1. The molecule has 3 atom stereocenters. The summed E-state index contributed by atoms with van der Waals surface area (Å²) in [6.07, 6.45) is 48.8. The first-order valence-corrected chi connectivity index (χ1v) is 22.9. The lowest BCUT2D eigenvalue weighted by molar-refractivity contribution is -0.151. The summed E-state index contributed by atoms with van der Waals surface area (Å²) in [6.45, 7) is 6.31. The van der Waals surface area contributed by atoms with E-state index >= 15 is 0 Å². The monoisotopic (exact) mass is 758 g/mol. The molecule has 0 saturated heterocycles. The van der Waals surface area contributed by atoms with Gasteiger partial charge in [0.05, 0.1) is 25.2 Å². The van der Waals surface area contributed by atoms with Gasteiger partial charge in [0.15, 0.2) is 0 Å². The number of unbranched alkanes of at least 4 members (excludes halogenated alkanes) is 20. The van der Waals surface area contributed by atoms with E-state index in [0.29, 0.717) is 19.3 Å². The number of aliphatic hydroxyl groups is 2. The molecule has 6 heteroatoms. The highest BCUT2D eigenvalue weighted by molar-refractivity contribution is 5.77. The Kier molecular flexibility index (Phi) is 40.3. The molecule has 3 unspecified atom stereocenters. The minimum Gasteiger partial charge on any atom is -0.462 e. The molecule has 314 valence electrons. The van der Waals surface area contributed by atoms with Gasteiger partial charge in [-0.15, -0.1) is 0 Å². The lowest BCUT2D eigenvalue weighted by Crippen LogP contribution is -2.46. The number of hydrogen-bond acceptors (Lipinski definition) is 5. The lowest BCUT2D eigenvalue weighted by Gasteiger charge is -2.24. The summed E-state index contributed by atoms with van der Waals surface area (Å²) in [5.74, 6) is -0.518. The van der Waals surface area contributed by atoms with Crippen LogP contribution in [0.15, 0.2) is 48.6 Å². The van der Waals surface area contributed by atoms with Crippen LogP contribution in [0.2, 0.25) is 0 Å². The van der Waals surface area contributed by atoms with Gasteiger partial charge in [-0.25, -0.2) is 0 Å². The van der Waals surface area contributed by atoms with Crippen LogP contribution in [-0.2, 0) is 14.3 Å². The van der Waals surface area contributed by atoms with Crippen molar-refractivity contribution in [2.24, 2.45) is 0 Å². The van der Waals surface area contributed by atoms with Crippen molar-refractivity contribution in [1.29, 1.82) is 0 Å². The van der Waals surface area contributed by atoms with Gasteiger partial charge >= 0.3 is 5.97 Å². The fourth-order valence-electron chi connectivity index (χ4n) is 6.67. The van der Waals surface area contributed by atoms with Crippen molar-refractivity contribution >= 4 is 11.9 Å². The van der Waals surface area contributed by atoms with Crippen molar-refractivity contribution in [1.82, 2.24) is 5.32 Å². The summed E-state index contributed by atoms with van der Waals surface area (Å²) in [5, 5.41) is 23.6. The molecular formula is C48H87NO5. The number of carbonyl (C=O) groups is 2. The summed E-state index contributed by atoms with van der Waals surface area (Å²) in [5.41, 5.74) is 0. The fraction of sp³-hybridized carbons (Fsp3) is 0.792. The third-order valence-electron chi connectivity index (χ3n) is 10.1. The SMILES string of the molecule is CC/C=C/C/C=C/C/C=C/CCCCCCC(=O)OC(CCCCC/C=C\CCCCC)CC(=O)NC(CO)C(O)CCCCCCCCCCCCC. The molecule has 0 bridgehead atoms. The maximum Gasteiger partial charge on any atom is 0.306 e. The second-order valence-electron chi connectivity index (χ2n) is 15.4. The number of aliphatic hydroxyl groups excluding tert-OH is 2. The summed E-state index contributed by atoms with van der Waals surface area (Å²) in [6, 6.07) is -0.708. The maximum atomic E-state index is 13.1. The number of nitrogens with one attached hydrogen (secondary N) is 1. The van der Waals surface area contributed by atoms with E-state index in [2.05, 4.69) is 74.7 Å². The topological polar surface area (TPSA) is 95.9 Å². The van der Waals surface area contributed by atoms with Crippen molar-refractivity contribution in [3.05, 3.63) is 48.6 Å². The average molecular weight is 758 g/mol. The molecule has 1 amide bonds. The molecule has 0 heterocycles. The molecule has 0 aromatic heterocycles. The number of allylic oxidation sites excluding steroid dienone is 8. The smallest absolute Gasteiger partial charge is 0.306 e. The van der Waals surface area contributed by atoms with E-state index in [1.807, 2.05) is 0 Å². The molecule has 54 heavy (non-hydrogen) atoms. The zero-order chi connectivity index (χ0) is 39.6. The number of rotatable bonds is 40. The summed E-state index contributed by atoms with van der Waals surface area (Å²) >= 11 is 0. The summed E-state index contributed by atoms with van der Waals surface area (Å²) in [4.78, 5) is 25.9. The van der Waals surface area contributed by atoms with Gasteiger partial charge in [0.25, 0.3) is 0 Å². The van der Waals surface area contributed by atoms with Gasteiger partial charge in [-0.3, -0.25) is 9.59 Å². The number of carbonyl (C=O) groups excluding carboxylic acids is 2. The third-order valence-corrected chi connectivity index (χ3v) is 10.1. The number of hydrogen-bond donors (Lipinski definition) is 3. The highest BCUT2D eigenvalue weighted by Gasteiger charge is 2.24. The number of esters is 1. The fourth-order valence-corrected chi connectivity index (χ4v) is 6.67. The molecule has 0 aliphatic carbocycles. The highest BCUT2D eigenvalue weighted by Crippen LogP contribution is 2.17. The summed E-state index contributed by atoms with van der Waals surface area (Å²) < 4.78 is 5.88. The van der Waals surface area contributed by atoms with Crippen LogP contribution in [0.4, 0.5) is 0 Å². The van der Waals surface area contributed by atoms with Crippen molar-refractivity contribution in [3.8, 4) is 0 Å². The molecule has 0 fully saturated rings. The van der Waals surface area contributed by atoms with E-state index < -0.39 is 18.2 Å². The van der Waals surface area contributed by atoms with Crippen LogP contribution in [0.25, 0.3) is 0 Å². The normalized spacial score (nSPS) is 13.8. The van der Waals surface area contributed by atoms with Crippen LogP contribution in [0.5, 0.6) is 0 Å². The van der Waals surface area contributed by atoms with E-state index in [9.17, 15) is 19.8 Å². The van der Waals surface area contributed by atoms with Crippen molar-refractivity contribution in [2.75, 3.05) is 6.61 Å². The minimum absolute atomic E-state index is 0.0572. The van der Waals surface area contributed by atoms with Crippen molar-refractivity contribution in [3.63, 3.8) is 0 Å². The van der Waals surface area contributed by atoms with Gasteiger partial charge in [0.1, 0.15) is 6.10 Å². The zero-order valence-corrected chi connectivity index (χ0v) is 35.6. The second-order valence-corrected chi connectivity index (χ2v) is 15.4. The maximum absolute atomic E-state index is 13.1. The van der Waals surface area contributed by atoms with Crippen LogP contribution < -0.4 is 5.32 Å². The van der Waals surface area contributed by atoms with Crippen LogP contribution in [-0.4, -0.2) is 46.9 Å². The quantitative estimate of drug-likeness (QED) is 0.0329. The third kappa shape index (κ3) is 36.8. The summed E-state index contributed by atoms with van der Waals surface area (Å²) in [7, 11) is 0. The van der Waals surface area contributed by atoms with Crippen LogP contribution in [0.1, 0.15) is 220 Å². The molecule has 0 radical (unpaired) electrons. The molecule has 6 nitrogen and oxygen atoms in total. The molecule has 0 aromatic rings. The Balaban J connectivity index is 4.61. The number of ether oxygens (including phenoxy) is 1. The minimum atomic E-state index is -0.793. The molecule has 0 aromatic carbocycles. The Morgan fingerprint density at radius 1 is 0.556 bits per heavy atom. The van der Waals surface area contributed by atoms with Gasteiger partial charge < -0.3 is 20.3 Å². The van der Waals surface area contributed by atoms with Gasteiger partial charge in [-0.1, -0.05) is 172 Å². The Bertz CT molecular complexity index is 941. The highest BCUT2D eigenvalue weighted by atomic mass is 16.5. The zero-order valence-electron chi connectivity index (χ0n) is 35.6. The van der Waals surface area contributed by atoms with Crippen molar-refractivity contribution < 1.29 is 24.5 Å². The van der Waals surface area contributed by atoms with Crippen LogP contribution >= 0.6 is 0 Å². The van der Waals surface area contributed by atoms with Crippen LogP contribution in [0, 0.1) is 0 Å². The predicted molar refractivity (Wildman–Crippen MR) is 232 cm³/mol. The van der Waals surface area contributed by atoms with Crippen LogP contribution in [0.3, 0.4) is 0 Å². The largest absolute Gasteiger partial charge is 0.462 e.